The van der Waals surface area contributed by atoms with Gasteiger partial charge in [-0.25, -0.2) is 0 Å². The molecule has 0 aromatic carbocycles. The highest BCUT2D eigenvalue weighted by molar-refractivity contribution is 4.87. The van der Waals surface area contributed by atoms with Crippen molar-refractivity contribution in [3.63, 3.8) is 0 Å². The summed E-state index contributed by atoms with van der Waals surface area (Å²) in [6, 6.07) is 0. The summed E-state index contributed by atoms with van der Waals surface area (Å²) >= 11 is 0. The van der Waals surface area contributed by atoms with E-state index in [4.69, 9.17) is 0 Å². The second-order valence-corrected chi connectivity index (χ2v) is 5.03. The lowest BCUT2D eigenvalue weighted by atomic mass is 9.87. The second-order valence-electron chi connectivity index (χ2n) is 5.03. The van der Waals surface area contributed by atoms with Gasteiger partial charge in [-0.1, -0.05) is 13.8 Å². The number of likely N-dealkylation sites (tertiary alicyclic amines) is 1. The van der Waals surface area contributed by atoms with Crippen LogP contribution in [-0.4, -0.2) is 34.7 Å². The molecule has 0 amide bonds. The summed E-state index contributed by atoms with van der Waals surface area (Å²) < 4.78 is 0. The van der Waals surface area contributed by atoms with E-state index in [9.17, 15) is 5.11 Å². The zero-order valence-electron chi connectivity index (χ0n) is 9.38. The molecule has 78 valence electrons. The van der Waals surface area contributed by atoms with Gasteiger partial charge < -0.3 is 5.11 Å². The van der Waals surface area contributed by atoms with Crippen LogP contribution in [0, 0.1) is 5.92 Å². The van der Waals surface area contributed by atoms with Crippen LogP contribution in [0.25, 0.3) is 0 Å². The zero-order valence-corrected chi connectivity index (χ0v) is 9.38. The van der Waals surface area contributed by atoms with E-state index in [1.165, 1.54) is 0 Å². The number of rotatable bonds is 2. The smallest absolute Gasteiger partial charge is 0.0564 e. The third kappa shape index (κ3) is 2.44. The van der Waals surface area contributed by atoms with Crippen molar-refractivity contribution in [1.29, 1.82) is 0 Å². The Bertz CT molecular complexity index is 157. The molecule has 0 aromatic heterocycles. The summed E-state index contributed by atoms with van der Waals surface area (Å²) in [4.78, 5) is 2.50. The van der Waals surface area contributed by atoms with Crippen LogP contribution in [0.5, 0.6) is 0 Å². The Morgan fingerprint density at radius 1 is 1.23 bits per heavy atom. The number of nitrogens with zero attached hydrogens (tertiary/aromatic N) is 1. The van der Waals surface area contributed by atoms with Gasteiger partial charge in [-0.2, -0.15) is 0 Å². The highest BCUT2D eigenvalue weighted by Gasteiger charge is 2.32. The van der Waals surface area contributed by atoms with Crippen molar-refractivity contribution in [2.45, 2.75) is 52.2 Å². The quantitative estimate of drug-likeness (QED) is 0.710. The van der Waals surface area contributed by atoms with Crippen molar-refractivity contribution in [1.82, 2.24) is 4.90 Å². The molecule has 0 unspecified atom stereocenters. The third-order valence-electron chi connectivity index (χ3n) is 3.69. The molecule has 2 nitrogen and oxygen atoms in total. The maximum absolute atomic E-state index is 9.40. The highest BCUT2D eigenvalue weighted by atomic mass is 16.3. The fourth-order valence-corrected chi connectivity index (χ4v) is 1.81. The van der Waals surface area contributed by atoms with Crippen LogP contribution in [0.4, 0.5) is 0 Å². The van der Waals surface area contributed by atoms with Gasteiger partial charge in [0.2, 0.25) is 0 Å². The van der Waals surface area contributed by atoms with Crippen LogP contribution >= 0.6 is 0 Å². The van der Waals surface area contributed by atoms with Crippen molar-refractivity contribution < 1.29 is 5.11 Å². The van der Waals surface area contributed by atoms with Gasteiger partial charge in [0, 0.05) is 18.6 Å². The van der Waals surface area contributed by atoms with E-state index in [1.807, 2.05) is 0 Å². The van der Waals surface area contributed by atoms with Gasteiger partial charge in [0.15, 0.2) is 0 Å². The maximum Gasteiger partial charge on any atom is 0.0564 e. The predicted molar refractivity (Wildman–Crippen MR) is 55.7 cm³/mol. The van der Waals surface area contributed by atoms with E-state index in [0.717, 1.165) is 25.9 Å². The molecule has 2 heteroatoms. The number of hydrogen-bond acceptors (Lipinski definition) is 2. The minimum atomic E-state index is -0.0563. The largest absolute Gasteiger partial charge is 0.393 e. The molecule has 1 fully saturated rings. The van der Waals surface area contributed by atoms with Crippen molar-refractivity contribution >= 4 is 0 Å². The predicted octanol–water partition coefficient (Wildman–Crippen LogP) is 1.88. The average molecular weight is 185 g/mol. The van der Waals surface area contributed by atoms with Crippen LogP contribution in [0.2, 0.25) is 0 Å². The molecule has 0 aliphatic carbocycles. The van der Waals surface area contributed by atoms with Crippen molar-refractivity contribution in [3.8, 4) is 0 Å². The Hall–Kier alpha value is -0.0800. The summed E-state index contributed by atoms with van der Waals surface area (Å²) in [5.74, 6) is 0.669. The van der Waals surface area contributed by atoms with Gasteiger partial charge in [-0.15, -0.1) is 0 Å². The molecular formula is C11H23NO. The van der Waals surface area contributed by atoms with Crippen LogP contribution in [0.15, 0.2) is 0 Å². The van der Waals surface area contributed by atoms with E-state index in [2.05, 4.69) is 32.6 Å². The Balaban J connectivity index is 2.52. The van der Waals surface area contributed by atoms with Crippen LogP contribution in [0.1, 0.15) is 40.5 Å². The summed E-state index contributed by atoms with van der Waals surface area (Å²) in [7, 11) is 0. The summed E-state index contributed by atoms with van der Waals surface area (Å²) in [5.41, 5.74) is 0.278. The monoisotopic (exact) mass is 185 g/mol. The van der Waals surface area contributed by atoms with Gasteiger partial charge >= 0.3 is 0 Å². The molecule has 1 N–H and O–H groups in total. The first kappa shape index (κ1) is 11.0. The lowest BCUT2D eigenvalue weighted by Crippen LogP contribution is -2.51. The highest BCUT2D eigenvalue weighted by Crippen LogP contribution is 2.27. The molecule has 0 radical (unpaired) electrons. The number of piperidine rings is 1. The molecule has 0 atom stereocenters. The first-order valence-corrected chi connectivity index (χ1v) is 5.37. The molecule has 1 rings (SSSR count). The van der Waals surface area contributed by atoms with Gasteiger partial charge in [-0.3, -0.25) is 4.90 Å². The van der Waals surface area contributed by atoms with E-state index in [-0.39, 0.29) is 11.6 Å². The second kappa shape index (κ2) is 3.97. The lowest BCUT2D eigenvalue weighted by molar-refractivity contribution is 0.0100. The Kier molecular flexibility index (Phi) is 3.36. The van der Waals surface area contributed by atoms with Crippen LogP contribution in [-0.2, 0) is 0 Å². The maximum atomic E-state index is 9.40. The fourth-order valence-electron chi connectivity index (χ4n) is 1.81. The Morgan fingerprint density at radius 3 is 2.08 bits per heavy atom. The standard InChI is InChI=1S/C11H23NO/c1-9(2)11(3,4)12-7-5-10(13)6-8-12/h9-10,13H,5-8H2,1-4H3. The average Bonchev–Trinajstić information content (AvgIpc) is 2.04. The van der Waals surface area contributed by atoms with Gasteiger partial charge in [-0.05, 0) is 32.6 Å². The molecule has 1 aliphatic rings. The molecule has 0 bridgehead atoms. The summed E-state index contributed by atoms with van der Waals surface area (Å²) in [6.45, 7) is 11.2. The zero-order chi connectivity index (χ0) is 10.1. The molecule has 0 spiro atoms. The Labute approximate surface area is 81.9 Å². The lowest BCUT2D eigenvalue weighted by Gasteiger charge is -2.44. The first-order chi connectivity index (χ1) is 5.94. The van der Waals surface area contributed by atoms with E-state index in [1.54, 1.807) is 0 Å². The summed E-state index contributed by atoms with van der Waals surface area (Å²) in [6.07, 6.45) is 1.82. The third-order valence-corrected chi connectivity index (χ3v) is 3.69. The topological polar surface area (TPSA) is 23.5 Å². The van der Waals surface area contributed by atoms with Gasteiger partial charge in [0.1, 0.15) is 0 Å². The number of aliphatic hydroxyl groups excluding tert-OH is 1. The van der Waals surface area contributed by atoms with Crippen molar-refractivity contribution in [3.05, 3.63) is 0 Å². The molecule has 13 heavy (non-hydrogen) atoms. The number of hydrogen-bond donors (Lipinski definition) is 1. The Morgan fingerprint density at radius 2 is 1.69 bits per heavy atom. The SMILES string of the molecule is CC(C)C(C)(C)N1CCC(O)CC1. The minimum Gasteiger partial charge on any atom is -0.393 e. The summed E-state index contributed by atoms with van der Waals surface area (Å²) in [5, 5.41) is 9.40. The molecule has 1 saturated heterocycles. The van der Waals surface area contributed by atoms with Crippen LogP contribution < -0.4 is 0 Å². The van der Waals surface area contributed by atoms with E-state index in [0.29, 0.717) is 5.92 Å². The molecule has 0 aromatic rings. The van der Waals surface area contributed by atoms with Crippen LogP contribution in [0.3, 0.4) is 0 Å². The van der Waals surface area contributed by atoms with Crippen molar-refractivity contribution in [2.24, 2.45) is 5.92 Å². The van der Waals surface area contributed by atoms with Gasteiger partial charge in [0.05, 0.1) is 6.10 Å². The normalized spacial score (nSPS) is 22.6. The minimum absolute atomic E-state index is 0.0563. The molecule has 0 saturated carbocycles. The van der Waals surface area contributed by atoms with Gasteiger partial charge in [0.25, 0.3) is 0 Å². The number of aliphatic hydroxyl groups is 1. The fraction of sp³-hybridized carbons (Fsp3) is 1.00. The molecule has 1 aliphatic heterocycles. The van der Waals surface area contributed by atoms with E-state index < -0.39 is 0 Å². The molecular weight excluding hydrogens is 162 g/mol. The molecule has 1 heterocycles. The van der Waals surface area contributed by atoms with Crippen molar-refractivity contribution in [2.75, 3.05) is 13.1 Å². The first-order valence-electron chi connectivity index (χ1n) is 5.37. The van der Waals surface area contributed by atoms with E-state index >= 15 is 0 Å².